The van der Waals surface area contributed by atoms with Gasteiger partial charge in [0.1, 0.15) is 5.75 Å². The maximum atomic E-state index is 9.70. The Morgan fingerprint density at radius 2 is 1.88 bits per heavy atom. The molecule has 0 aliphatic rings. The van der Waals surface area contributed by atoms with Gasteiger partial charge in [-0.25, -0.2) is 0 Å². The van der Waals surface area contributed by atoms with Gasteiger partial charge in [0.2, 0.25) is 0 Å². The highest BCUT2D eigenvalue weighted by Crippen LogP contribution is 2.25. The molecule has 96 valence electrons. The number of hydrogen-bond acceptors (Lipinski definition) is 4. The summed E-state index contributed by atoms with van der Waals surface area (Å²) in [6, 6.07) is 3.66. The minimum Gasteiger partial charge on any atom is -0.507 e. The molecule has 4 nitrogen and oxygen atoms in total. The second kappa shape index (κ2) is 6.59. The molecule has 1 aromatic rings. The van der Waals surface area contributed by atoms with Crippen LogP contribution in [0.4, 0.5) is 0 Å². The van der Waals surface area contributed by atoms with Crippen molar-refractivity contribution in [2.24, 2.45) is 0 Å². The van der Waals surface area contributed by atoms with Gasteiger partial charge in [0.15, 0.2) is 0 Å². The summed E-state index contributed by atoms with van der Waals surface area (Å²) in [6.45, 7) is 5.02. The number of phenols is 1. The van der Waals surface area contributed by atoms with Gasteiger partial charge in [-0.1, -0.05) is 12.1 Å². The summed E-state index contributed by atoms with van der Waals surface area (Å²) < 4.78 is 4.96. The van der Waals surface area contributed by atoms with Crippen LogP contribution in [0.15, 0.2) is 12.1 Å². The molecule has 1 atom stereocenters. The standard InChI is InChI=1S/C13H21NO3/c1-9-6-11(7-10(2)13(9)16)12(8-15)14-4-5-17-3/h6-7,12,14-16H,4-5,8H2,1-3H3. The van der Waals surface area contributed by atoms with Crippen molar-refractivity contribution in [2.75, 3.05) is 26.9 Å². The Hall–Kier alpha value is -1.10. The van der Waals surface area contributed by atoms with E-state index in [1.807, 2.05) is 26.0 Å². The third-order valence-electron chi connectivity index (χ3n) is 2.80. The van der Waals surface area contributed by atoms with Crippen molar-refractivity contribution in [3.8, 4) is 5.75 Å². The molecule has 0 aromatic heterocycles. The highest BCUT2D eigenvalue weighted by Gasteiger charge is 2.12. The van der Waals surface area contributed by atoms with Crippen LogP contribution < -0.4 is 5.32 Å². The van der Waals surface area contributed by atoms with Crippen LogP contribution in [0.1, 0.15) is 22.7 Å². The third kappa shape index (κ3) is 3.70. The average molecular weight is 239 g/mol. The lowest BCUT2D eigenvalue weighted by atomic mass is 10.0. The van der Waals surface area contributed by atoms with Crippen LogP contribution in [0.5, 0.6) is 5.75 Å². The van der Waals surface area contributed by atoms with Gasteiger partial charge in [-0.3, -0.25) is 0 Å². The lowest BCUT2D eigenvalue weighted by Crippen LogP contribution is -2.27. The molecule has 0 saturated carbocycles. The summed E-state index contributed by atoms with van der Waals surface area (Å²) in [5.41, 5.74) is 2.63. The van der Waals surface area contributed by atoms with E-state index >= 15 is 0 Å². The molecule has 0 heterocycles. The van der Waals surface area contributed by atoms with Gasteiger partial charge in [-0.2, -0.15) is 0 Å². The summed E-state index contributed by atoms with van der Waals surface area (Å²) >= 11 is 0. The van der Waals surface area contributed by atoms with Gasteiger partial charge in [0, 0.05) is 13.7 Å². The van der Waals surface area contributed by atoms with Crippen LogP contribution in [0.2, 0.25) is 0 Å². The Bertz CT molecular complexity index is 343. The molecule has 0 amide bonds. The smallest absolute Gasteiger partial charge is 0.121 e. The Morgan fingerprint density at radius 3 is 2.35 bits per heavy atom. The highest BCUT2D eigenvalue weighted by atomic mass is 16.5. The first kappa shape index (κ1) is 14.0. The zero-order valence-corrected chi connectivity index (χ0v) is 10.7. The van der Waals surface area contributed by atoms with E-state index in [4.69, 9.17) is 4.74 Å². The summed E-state index contributed by atoms with van der Waals surface area (Å²) in [5.74, 6) is 0.322. The monoisotopic (exact) mass is 239 g/mol. The van der Waals surface area contributed by atoms with Crippen LogP contribution in [-0.2, 0) is 4.74 Å². The number of aliphatic hydroxyl groups excluding tert-OH is 1. The Morgan fingerprint density at radius 1 is 1.29 bits per heavy atom. The highest BCUT2D eigenvalue weighted by molar-refractivity contribution is 5.43. The van der Waals surface area contributed by atoms with Crippen molar-refractivity contribution in [3.63, 3.8) is 0 Å². The molecule has 0 fully saturated rings. The Balaban J connectivity index is 2.81. The van der Waals surface area contributed by atoms with Crippen molar-refractivity contribution < 1.29 is 14.9 Å². The fourth-order valence-corrected chi connectivity index (χ4v) is 1.81. The van der Waals surface area contributed by atoms with Crippen LogP contribution in [-0.4, -0.2) is 37.1 Å². The molecule has 1 unspecified atom stereocenters. The number of rotatable bonds is 6. The molecule has 3 N–H and O–H groups in total. The first-order valence-electron chi connectivity index (χ1n) is 5.73. The lowest BCUT2D eigenvalue weighted by molar-refractivity contribution is 0.184. The molecule has 0 aliphatic heterocycles. The van der Waals surface area contributed by atoms with Crippen molar-refractivity contribution >= 4 is 0 Å². The van der Waals surface area contributed by atoms with E-state index in [1.54, 1.807) is 7.11 Å². The maximum absolute atomic E-state index is 9.70. The topological polar surface area (TPSA) is 61.7 Å². The maximum Gasteiger partial charge on any atom is 0.121 e. The number of ether oxygens (including phenoxy) is 1. The van der Waals surface area contributed by atoms with E-state index in [0.717, 1.165) is 16.7 Å². The van der Waals surface area contributed by atoms with Crippen molar-refractivity contribution in [1.29, 1.82) is 0 Å². The van der Waals surface area contributed by atoms with Gasteiger partial charge in [-0.05, 0) is 30.5 Å². The van der Waals surface area contributed by atoms with Crippen LogP contribution in [0.3, 0.4) is 0 Å². The van der Waals surface area contributed by atoms with Crippen molar-refractivity contribution in [3.05, 3.63) is 28.8 Å². The van der Waals surface area contributed by atoms with Gasteiger partial charge in [-0.15, -0.1) is 0 Å². The number of aliphatic hydroxyl groups is 1. The molecule has 0 aliphatic carbocycles. The van der Waals surface area contributed by atoms with E-state index in [-0.39, 0.29) is 12.6 Å². The summed E-state index contributed by atoms with van der Waals surface area (Å²) in [4.78, 5) is 0. The molecule has 4 heteroatoms. The number of hydrogen-bond donors (Lipinski definition) is 3. The molecule has 0 bridgehead atoms. The number of benzene rings is 1. The third-order valence-corrected chi connectivity index (χ3v) is 2.80. The zero-order valence-electron chi connectivity index (χ0n) is 10.7. The average Bonchev–Trinajstić information content (AvgIpc) is 2.31. The van der Waals surface area contributed by atoms with E-state index < -0.39 is 0 Å². The molecule has 0 spiro atoms. The Kier molecular flexibility index (Phi) is 5.41. The van der Waals surface area contributed by atoms with E-state index in [2.05, 4.69) is 5.32 Å². The molecular weight excluding hydrogens is 218 g/mol. The first-order chi connectivity index (χ1) is 8.10. The molecule has 0 saturated heterocycles. The minimum absolute atomic E-state index is 0.0212. The minimum atomic E-state index is -0.122. The molecule has 1 aromatic carbocycles. The Labute approximate surface area is 102 Å². The summed E-state index contributed by atoms with van der Waals surface area (Å²) in [7, 11) is 1.64. The normalized spacial score (nSPS) is 12.7. The molecule has 1 rings (SSSR count). The SMILES string of the molecule is COCCNC(CO)c1cc(C)c(O)c(C)c1. The van der Waals surface area contributed by atoms with Crippen molar-refractivity contribution in [1.82, 2.24) is 5.32 Å². The fraction of sp³-hybridized carbons (Fsp3) is 0.538. The largest absolute Gasteiger partial charge is 0.507 e. The van der Waals surface area contributed by atoms with Crippen LogP contribution in [0.25, 0.3) is 0 Å². The second-order valence-electron chi connectivity index (χ2n) is 4.19. The van der Waals surface area contributed by atoms with Crippen molar-refractivity contribution in [2.45, 2.75) is 19.9 Å². The lowest BCUT2D eigenvalue weighted by Gasteiger charge is -2.18. The number of aromatic hydroxyl groups is 1. The predicted octanol–water partition coefficient (Wildman–Crippen LogP) is 1.28. The first-order valence-corrected chi connectivity index (χ1v) is 5.73. The molecule has 0 radical (unpaired) electrons. The van der Waals surface area contributed by atoms with Crippen LogP contribution >= 0.6 is 0 Å². The van der Waals surface area contributed by atoms with E-state index in [1.165, 1.54) is 0 Å². The summed E-state index contributed by atoms with van der Waals surface area (Å²) in [6.07, 6.45) is 0. The second-order valence-corrected chi connectivity index (χ2v) is 4.19. The molecule has 17 heavy (non-hydrogen) atoms. The van der Waals surface area contributed by atoms with Gasteiger partial charge < -0.3 is 20.3 Å². The van der Waals surface area contributed by atoms with Gasteiger partial charge in [0.25, 0.3) is 0 Å². The predicted molar refractivity (Wildman–Crippen MR) is 67.3 cm³/mol. The number of phenolic OH excluding ortho intramolecular Hbond substituents is 1. The van der Waals surface area contributed by atoms with Gasteiger partial charge in [0.05, 0.1) is 19.3 Å². The zero-order chi connectivity index (χ0) is 12.8. The number of methoxy groups -OCH3 is 1. The quantitative estimate of drug-likeness (QED) is 0.654. The number of aryl methyl sites for hydroxylation is 2. The van der Waals surface area contributed by atoms with E-state index in [0.29, 0.717) is 18.9 Å². The van der Waals surface area contributed by atoms with Gasteiger partial charge >= 0.3 is 0 Å². The molecular formula is C13H21NO3. The van der Waals surface area contributed by atoms with E-state index in [9.17, 15) is 10.2 Å². The number of nitrogens with one attached hydrogen (secondary N) is 1. The fourth-order valence-electron chi connectivity index (χ4n) is 1.81. The van der Waals surface area contributed by atoms with Crippen LogP contribution in [0, 0.1) is 13.8 Å². The summed E-state index contributed by atoms with van der Waals surface area (Å²) in [5, 5.41) is 22.3.